The second kappa shape index (κ2) is 5.19. The fourth-order valence-corrected chi connectivity index (χ4v) is 2.10. The number of fused-ring (bicyclic) bond motifs is 1. The van der Waals surface area contributed by atoms with Gasteiger partial charge in [-0.1, -0.05) is 11.3 Å². The summed E-state index contributed by atoms with van der Waals surface area (Å²) in [5.74, 6) is 0.491. The summed E-state index contributed by atoms with van der Waals surface area (Å²) in [6.07, 6.45) is 0.783. The largest absolute Gasteiger partial charge is 0.385 e. The molecule has 8 heteroatoms. The first-order valence-electron chi connectivity index (χ1n) is 5.18. The van der Waals surface area contributed by atoms with E-state index in [2.05, 4.69) is 20.6 Å². The molecule has 0 spiro atoms. The van der Waals surface area contributed by atoms with Crippen molar-refractivity contribution in [3.63, 3.8) is 0 Å². The van der Waals surface area contributed by atoms with Crippen LogP contribution < -0.4 is 5.32 Å². The predicted molar refractivity (Wildman–Crippen MR) is 62.2 cm³/mol. The maximum Gasteiger partial charge on any atom is 0.282 e. The minimum atomic E-state index is -0.184. The van der Waals surface area contributed by atoms with E-state index in [1.54, 1.807) is 18.5 Å². The lowest BCUT2D eigenvalue weighted by Crippen LogP contribution is -2.25. The average Bonchev–Trinajstić information content (AvgIpc) is 2.87. The molecule has 0 aliphatic carbocycles. The number of rotatable bonds is 5. The van der Waals surface area contributed by atoms with Crippen molar-refractivity contribution < 1.29 is 9.53 Å². The van der Waals surface area contributed by atoms with Crippen molar-refractivity contribution in [3.8, 4) is 0 Å². The first-order valence-corrected chi connectivity index (χ1v) is 6.00. The van der Waals surface area contributed by atoms with E-state index in [1.807, 2.05) is 0 Å². The monoisotopic (exact) mass is 255 g/mol. The molecule has 2 aromatic rings. The maximum absolute atomic E-state index is 11.7. The van der Waals surface area contributed by atoms with Crippen LogP contribution in [0.3, 0.4) is 0 Å². The molecule has 0 unspecified atom stereocenters. The maximum atomic E-state index is 11.7. The van der Waals surface area contributed by atoms with Crippen LogP contribution in [0.4, 0.5) is 0 Å². The molecule has 0 saturated carbocycles. The van der Waals surface area contributed by atoms with Gasteiger partial charge < -0.3 is 10.1 Å². The molecule has 0 fully saturated rings. The molecule has 0 atom stereocenters. The number of amides is 1. The lowest BCUT2D eigenvalue weighted by atomic mass is 10.4. The van der Waals surface area contributed by atoms with Gasteiger partial charge in [0, 0.05) is 20.3 Å². The van der Waals surface area contributed by atoms with E-state index >= 15 is 0 Å². The molecule has 0 radical (unpaired) electrons. The van der Waals surface area contributed by atoms with E-state index in [4.69, 9.17) is 4.74 Å². The fourth-order valence-electron chi connectivity index (χ4n) is 1.30. The van der Waals surface area contributed by atoms with Crippen molar-refractivity contribution >= 4 is 22.2 Å². The quantitative estimate of drug-likeness (QED) is 0.775. The zero-order valence-electron chi connectivity index (χ0n) is 9.63. The number of carbonyl (C=O) groups is 1. The Morgan fingerprint density at radius 2 is 2.35 bits per heavy atom. The van der Waals surface area contributed by atoms with Gasteiger partial charge in [-0.25, -0.2) is 0 Å². The van der Waals surface area contributed by atoms with Crippen LogP contribution in [0, 0.1) is 6.92 Å². The number of nitrogens with zero attached hydrogens (tertiary/aromatic N) is 4. The van der Waals surface area contributed by atoms with Crippen molar-refractivity contribution in [1.82, 2.24) is 25.1 Å². The Morgan fingerprint density at radius 3 is 3.06 bits per heavy atom. The Balaban J connectivity index is 1.99. The molecule has 0 saturated heterocycles. The summed E-state index contributed by atoms with van der Waals surface area (Å²) in [6, 6.07) is 0. The molecule has 2 aromatic heterocycles. The number of ether oxygens (including phenoxy) is 1. The van der Waals surface area contributed by atoms with Crippen LogP contribution in [0.15, 0.2) is 0 Å². The lowest BCUT2D eigenvalue weighted by molar-refractivity contribution is 0.0947. The van der Waals surface area contributed by atoms with E-state index < -0.39 is 0 Å². The molecule has 1 N–H and O–H groups in total. The summed E-state index contributed by atoms with van der Waals surface area (Å²) in [6.45, 7) is 3.00. The van der Waals surface area contributed by atoms with Gasteiger partial charge >= 0.3 is 0 Å². The second-order valence-electron chi connectivity index (χ2n) is 3.45. The molecule has 0 aromatic carbocycles. The average molecular weight is 255 g/mol. The van der Waals surface area contributed by atoms with Gasteiger partial charge in [0.1, 0.15) is 0 Å². The number of aryl methyl sites for hydroxylation is 1. The van der Waals surface area contributed by atoms with Crippen molar-refractivity contribution in [2.45, 2.75) is 13.3 Å². The van der Waals surface area contributed by atoms with Gasteiger partial charge in [0.05, 0.1) is 0 Å². The summed E-state index contributed by atoms with van der Waals surface area (Å²) < 4.78 is 6.46. The van der Waals surface area contributed by atoms with E-state index in [9.17, 15) is 4.79 Å². The Kier molecular flexibility index (Phi) is 3.64. The molecular weight excluding hydrogens is 242 g/mol. The van der Waals surface area contributed by atoms with Crippen LogP contribution >= 0.6 is 11.3 Å². The minimum absolute atomic E-state index is 0.184. The summed E-state index contributed by atoms with van der Waals surface area (Å²) >= 11 is 1.22. The van der Waals surface area contributed by atoms with Gasteiger partial charge in [0.15, 0.2) is 5.82 Å². The van der Waals surface area contributed by atoms with Crippen molar-refractivity contribution in [2.75, 3.05) is 20.3 Å². The molecule has 1 amide bonds. The zero-order chi connectivity index (χ0) is 12.3. The molecule has 92 valence electrons. The Bertz CT molecular complexity index is 520. The molecular formula is C9H13N5O2S. The van der Waals surface area contributed by atoms with Gasteiger partial charge in [-0.05, 0) is 13.3 Å². The van der Waals surface area contributed by atoms with Crippen LogP contribution in [0.25, 0.3) is 4.96 Å². The number of hydrogen-bond acceptors (Lipinski definition) is 6. The van der Waals surface area contributed by atoms with Crippen LogP contribution in [-0.4, -0.2) is 46.0 Å². The van der Waals surface area contributed by atoms with Gasteiger partial charge in [0.2, 0.25) is 9.97 Å². The van der Waals surface area contributed by atoms with Crippen molar-refractivity contribution in [1.29, 1.82) is 0 Å². The van der Waals surface area contributed by atoms with E-state index in [-0.39, 0.29) is 5.91 Å². The molecule has 17 heavy (non-hydrogen) atoms. The van der Waals surface area contributed by atoms with E-state index in [0.717, 1.165) is 6.42 Å². The van der Waals surface area contributed by atoms with Gasteiger partial charge in [-0.2, -0.15) is 4.52 Å². The molecule has 2 rings (SSSR count). The third-order valence-corrected chi connectivity index (χ3v) is 3.05. The van der Waals surface area contributed by atoms with Crippen LogP contribution in [0.5, 0.6) is 0 Å². The SMILES string of the molecule is COCCCNC(=O)c1nn2c(C)nnc2s1. The number of hydrogen-bond donors (Lipinski definition) is 1. The highest BCUT2D eigenvalue weighted by Crippen LogP contribution is 2.13. The van der Waals surface area contributed by atoms with Gasteiger partial charge in [-0.3, -0.25) is 4.79 Å². The highest BCUT2D eigenvalue weighted by atomic mass is 32.1. The van der Waals surface area contributed by atoms with Crippen molar-refractivity contribution in [3.05, 3.63) is 10.8 Å². The van der Waals surface area contributed by atoms with E-state index in [1.165, 1.54) is 11.3 Å². The van der Waals surface area contributed by atoms with Crippen molar-refractivity contribution in [2.24, 2.45) is 0 Å². The lowest BCUT2D eigenvalue weighted by Gasteiger charge is -2.01. The first kappa shape index (κ1) is 11.9. The molecule has 2 heterocycles. The highest BCUT2D eigenvalue weighted by molar-refractivity contribution is 7.18. The number of carbonyl (C=O) groups excluding carboxylic acids is 1. The number of nitrogens with one attached hydrogen (secondary N) is 1. The van der Waals surface area contributed by atoms with Gasteiger partial charge in [0.25, 0.3) is 5.91 Å². The number of aromatic nitrogens is 4. The normalized spacial score (nSPS) is 10.9. The summed E-state index contributed by atoms with van der Waals surface area (Å²) in [4.78, 5) is 12.4. The summed E-state index contributed by atoms with van der Waals surface area (Å²) in [5.41, 5.74) is 0. The summed E-state index contributed by atoms with van der Waals surface area (Å²) in [7, 11) is 1.63. The third-order valence-electron chi connectivity index (χ3n) is 2.15. The molecule has 0 bridgehead atoms. The Hall–Kier alpha value is -1.54. The number of methoxy groups -OCH3 is 1. The van der Waals surface area contributed by atoms with Crippen LogP contribution in [-0.2, 0) is 4.74 Å². The fraction of sp³-hybridized carbons (Fsp3) is 0.556. The molecule has 0 aliphatic rings. The summed E-state index contributed by atoms with van der Waals surface area (Å²) in [5, 5.41) is 15.1. The first-order chi connectivity index (χ1) is 8.22. The smallest absolute Gasteiger partial charge is 0.282 e. The second-order valence-corrected chi connectivity index (χ2v) is 4.41. The standard InChI is InChI=1S/C9H13N5O2S/c1-6-11-12-9-14(6)13-8(17-9)7(15)10-4-3-5-16-2/h3-5H2,1-2H3,(H,10,15). The minimum Gasteiger partial charge on any atom is -0.385 e. The highest BCUT2D eigenvalue weighted by Gasteiger charge is 2.14. The zero-order valence-corrected chi connectivity index (χ0v) is 10.5. The Morgan fingerprint density at radius 1 is 1.53 bits per heavy atom. The van der Waals surface area contributed by atoms with Gasteiger partial charge in [-0.15, -0.1) is 15.3 Å². The predicted octanol–water partition coefficient (Wildman–Crippen LogP) is 0.261. The topological polar surface area (TPSA) is 81.4 Å². The van der Waals surface area contributed by atoms with Crippen LogP contribution in [0.1, 0.15) is 22.0 Å². The van der Waals surface area contributed by atoms with E-state index in [0.29, 0.717) is 28.9 Å². The third kappa shape index (κ3) is 2.59. The Labute approximate surface area is 102 Å². The van der Waals surface area contributed by atoms with Crippen LogP contribution in [0.2, 0.25) is 0 Å². The molecule has 0 aliphatic heterocycles. The molecule has 7 nitrogen and oxygen atoms in total.